The van der Waals surface area contributed by atoms with Crippen LogP contribution in [0.3, 0.4) is 0 Å². The summed E-state index contributed by atoms with van der Waals surface area (Å²) in [5, 5.41) is 0.572. The van der Waals surface area contributed by atoms with Crippen LogP contribution in [0.15, 0.2) is 6.20 Å². The van der Waals surface area contributed by atoms with E-state index in [4.69, 9.17) is 0 Å². The van der Waals surface area contributed by atoms with Gasteiger partial charge in [0.25, 0.3) is 0 Å². The van der Waals surface area contributed by atoms with E-state index in [1.165, 1.54) is 0 Å². The van der Waals surface area contributed by atoms with Crippen LogP contribution in [-0.2, 0) is 12.2 Å². The second kappa shape index (κ2) is 5.00. The molecule has 0 unspecified atom stereocenters. The molecular formula is C14H20N2OS. The minimum Gasteiger partial charge on any atom is -0.294 e. The SMILES string of the molecule is CC(C)SCc1ncc2c(n1)CC(C)(C)CC2=O. The van der Waals surface area contributed by atoms with Crippen molar-refractivity contribution in [3.8, 4) is 0 Å². The summed E-state index contributed by atoms with van der Waals surface area (Å²) in [4.78, 5) is 20.9. The molecule has 1 aromatic heterocycles. The number of Topliss-reactive ketones (excluding diaryl/α,β-unsaturated/α-hetero) is 1. The van der Waals surface area contributed by atoms with Crippen molar-refractivity contribution in [3.63, 3.8) is 0 Å². The first-order valence-electron chi connectivity index (χ1n) is 6.37. The number of carbonyl (C=O) groups is 1. The zero-order valence-corrected chi connectivity index (χ0v) is 12.3. The maximum atomic E-state index is 12.0. The molecular weight excluding hydrogens is 244 g/mol. The third kappa shape index (κ3) is 3.10. The molecule has 2 rings (SSSR count). The molecule has 0 aromatic carbocycles. The van der Waals surface area contributed by atoms with E-state index < -0.39 is 0 Å². The van der Waals surface area contributed by atoms with Gasteiger partial charge in [0.15, 0.2) is 5.78 Å². The highest BCUT2D eigenvalue weighted by Crippen LogP contribution is 2.33. The molecule has 0 aliphatic heterocycles. The lowest BCUT2D eigenvalue weighted by atomic mass is 9.76. The number of hydrogen-bond acceptors (Lipinski definition) is 4. The predicted molar refractivity (Wildman–Crippen MR) is 74.9 cm³/mol. The van der Waals surface area contributed by atoms with Crippen LogP contribution in [-0.4, -0.2) is 21.0 Å². The average Bonchev–Trinajstić information content (AvgIpc) is 2.24. The number of carbonyl (C=O) groups excluding carboxylic acids is 1. The highest BCUT2D eigenvalue weighted by molar-refractivity contribution is 7.99. The molecule has 4 heteroatoms. The Balaban J connectivity index is 2.23. The van der Waals surface area contributed by atoms with Crippen LogP contribution in [0.25, 0.3) is 0 Å². The molecule has 0 fully saturated rings. The van der Waals surface area contributed by atoms with E-state index in [1.807, 2.05) is 11.8 Å². The standard InChI is InChI=1S/C14H20N2OS/c1-9(2)18-8-13-15-7-10-11(16-13)5-14(3,4)6-12(10)17/h7,9H,5-6,8H2,1-4H3. The Bertz CT molecular complexity index is 469. The van der Waals surface area contributed by atoms with Crippen molar-refractivity contribution in [1.29, 1.82) is 0 Å². The molecule has 0 radical (unpaired) electrons. The Hall–Kier alpha value is -0.900. The second-order valence-corrected chi connectivity index (χ2v) is 7.51. The number of nitrogens with zero attached hydrogens (tertiary/aromatic N) is 2. The van der Waals surface area contributed by atoms with Gasteiger partial charge in [-0.05, 0) is 17.1 Å². The molecule has 1 aromatic rings. The Morgan fingerprint density at radius 3 is 2.78 bits per heavy atom. The largest absolute Gasteiger partial charge is 0.294 e. The van der Waals surface area contributed by atoms with Crippen LogP contribution in [0.4, 0.5) is 0 Å². The highest BCUT2D eigenvalue weighted by Gasteiger charge is 2.32. The third-order valence-corrected chi connectivity index (χ3v) is 4.14. The lowest BCUT2D eigenvalue weighted by Crippen LogP contribution is -2.28. The summed E-state index contributed by atoms with van der Waals surface area (Å²) in [7, 11) is 0. The minimum absolute atomic E-state index is 0.0287. The van der Waals surface area contributed by atoms with Gasteiger partial charge in [0.05, 0.1) is 17.0 Å². The molecule has 98 valence electrons. The molecule has 0 bridgehead atoms. The van der Waals surface area contributed by atoms with Crippen LogP contribution < -0.4 is 0 Å². The van der Waals surface area contributed by atoms with Crippen molar-refractivity contribution >= 4 is 17.5 Å². The zero-order chi connectivity index (χ0) is 13.3. The minimum atomic E-state index is 0.0287. The zero-order valence-electron chi connectivity index (χ0n) is 11.5. The number of fused-ring (bicyclic) bond motifs is 1. The van der Waals surface area contributed by atoms with E-state index in [0.717, 1.165) is 29.3 Å². The first-order chi connectivity index (χ1) is 8.37. The molecule has 3 nitrogen and oxygen atoms in total. The van der Waals surface area contributed by atoms with Gasteiger partial charge in [0, 0.05) is 12.6 Å². The summed E-state index contributed by atoms with van der Waals surface area (Å²) in [6, 6.07) is 0. The highest BCUT2D eigenvalue weighted by atomic mass is 32.2. The van der Waals surface area contributed by atoms with Crippen molar-refractivity contribution < 1.29 is 4.79 Å². The number of hydrogen-bond donors (Lipinski definition) is 0. The fraction of sp³-hybridized carbons (Fsp3) is 0.643. The van der Waals surface area contributed by atoms with E-state index in [-0.39, 0.29) is 11.2 Å². The van der Waals surface area contributed by atoms with Crippen molar-refractivity contribution in [2.24, 2.45) is 5.41 Å². The number of ketones is 1. The summed E-state index contributed by atoms with van der Waals surface area (Å²) in [6.45, 7) is 8.57. The summed E-state index contributed by atoms with van der Waals surface area (Å²) >= 11 is 1.83. The number of rotatable bonds is 3. The number of aromatic nitrogens is 2. The molecule has 1 heterocycles. The first kappa shape index (κ1) is 13.5. The van der Waals surface area contributed by atoms with E-state index in [1.54, 1.807) is 6.20 Å². The van der Waals surface area contributed by atoms with Gasteiger partial charge in [0.1, 0.15) is 5.82 Å². The van der Waals surface area contributed by atoms with E-state index >= 15 is 0 Å². The number of thioether (sulfide) groups is 1. The smallest absolute Gasteiger partial charge is 0.166 e. The molecule has 1 aliphatic carbocycles. The van der Waals surface area contributed by atoms with Gasteiger partial charge in [-0.15, -0.1) is 0 Å². The van der Waals surface area contributed by atoms with E-state index in [2.05, 4.69) is 37.7 Å². The van der Waals surface area contributed by atoms with Crippen molar-refractivity contribution in [1.82, 2.24) is 9.97 Å². The van der Waals surface area contributed by atoms with Crippen LogP contribution >= 0.6 is 11.8 Å². The van der Waals surface area contributed by atoms with Gasteiger partial charge in [-0.2, -0.15) is 11.8 Å². The molecule has 0 spiro atoms. The summed E-state index contributed by atoms with van der Waals surface area (Å²) in [5.41, 5.74) is 1.69. The Morgan fingerprint density at radius 1 is 1.39 bits per heavy atom. The lowest BCUT2D eigenvalue weighted by molar-refractivity contribution is 0.0909. The van der Waals surface area contributed by atoms with Crippen LogP contribution in [0.2, 0.25) is 0 Å². The summed E-state index contributed by atoms with van der Waals surface area (Å²) < 4.78 is 0. The van der Waals surface area contributed by atoms with E-state index in [9.17, 15) is 4.79 Å². The summed E-state index contributed by atoms with van der Waals surface area (Å²) in [5.74, 6) is 1.85. The fourth-order valence-electron chi connectivity index (χ4n) is 2.18. The molecule has 1 aliphatic rings. The predicted octanol–water partition coefficient (Wildman–Crippen LogP) is 3.27. The monoisotopic (exact) mass is 264 g/mol. The second-order valence-electron chi connectivity index (χ2n) is 5.95. The molecule has 0 N–H and O–H groups in total. The topological polar surface area (TPSA) is 42.9 Å². The van der Waals surface area contributed by atoms with Gasteiger partial charge in [-0.25, -0.2) is 9.97 Å². The molecule has 18 heavy (non-hydrogen) atoms. The molecule has 0 atom stereocenters. The third-order valence-electron chi connectivity index (χ3n) is 3.05. The Kier molecular flexibility index (Phi) is 3.76. The average molecular weight is 264 g/mol. The normalized spacial score (nSPS) is 17.9. The lowest BCUT2D eigenvalue weighted by Gasteiger charge is -2.29. The van der Waals surface area contributed by atoms with Crippen molar-refractivity contribution in [3.05, 3.63) is 23.3 Å². The Morgan fingerprint density at radius 2 is 2.11 bits per heavy atom. The Labute approximate surface area is 113 Å². The quantitative estimate of drug-likeness (QED) is 0.840. The van der Waals surface area contributed by atoms with Crippen LogP contribution in [0.5, 0.6) is 0 Å². The van der Waals surface area contributed by atoms with Gasteiger partial charge in [-0.1, -0.05) is 27.7 Å². The van der Waals surface area contributed by atoms with Gasteiger partial charge in [0.2, 0.25) is 0 Å². The molecule has 0 saturated heterocycles. The van der Waals surface area contributed by atoms with Crippen LogP contribution in [0, 0.1) is 5.41 Å². The van der Waals surface area contributed by atoms with Crippen molar-refractivity contribution in [2.75, 3.05) is 0 Å². The maximum absolute atomic E-state index is 12.0. The molecule has 0 saturated carbocycles. The fourth-order valence-corrected chi connectivity index (χ4v) is 2.80. The van der Waals surface area contributed by atoms with Gasteiger partial charge >= 0.3 is 0 Å². The van der Waals surface area contributed by atoms with Gasteiger partial charge < -0.3 is 0 Å². The van der Waals surface area contributed by atoms with E-state index in [0.29, 0.717) is 11.7 Å². The maximum Gasteiger partial charge on any atom is 0.166 e. The van der Waals surface area contributed by atoms with Crippen molar-refractivity contribution in [2.45, 2.75) is 51.5 Å². The summed E-state index contributed by atoms with van der Waals surface area (Å²) in [6.07, 6.45) is 3.19. The molecule has 0 amide bonds. The van der Waals surface area contributed by atoms with Gasteiger partial charge in [-0.3, -0.25) is 4.79 Å². The van der Waals surface area contributed by atoms with Crippen LogP contribution in [0.1, 0.15) is 56.0 Å². The first-order valence-corrected chi connectivity index (χ1v) is 7.42.